The Morgan fingerprint density at radius 1 is 1.16 bits per heavy atom. The van der Waals surface area contributed by atoms with Crippen LogP contribution in [0.15, 0.2) is 54.7 Å². The molecule has 8 nitrogen and oxygen atoms in total. The van der Waals surface area contributed by atoms with Crippen LogP contribution in [0.4, 0.5) is 4.79 Å². The number of nitrogens with one attached hydrogen (secondary N) is 2. The van der Waals surface area contributed by atoms with Crippen LogP contribution in [0.3, 0.4) is 0 Å². The van der Waals surface area contributed by atoms with E-state index < -0.39 is 17.5 Å². The fourth-order valence-corrected chi connectivity index (χ4v) is 5.20. The highest BCUT2D eigenvalue weighted by Gasteiger charge is 2.51. The van der Waals surface area contributed by atoms with Crippen LogP contribution in [0.25, 0.3) is 10.6 Å². The van der Waals surface area contributed by atoms with Crippen molar-refractivity contribution in [2.45, 2.75) is 19.0 Å². The van der Waals surface area contributed by atoms with E-state index >= 15 is 0 Å². The molecule has 0 radical (unpaired) electrons. The molecule has 0 spiro atoms. The van der Waals surface area contributed by atoms with Gasteiger partial charge in [0.05, 0.1) is 23.7 Å². The number of benzene rings is 1. The van der Waals surface area contributed by atoms with Crippen molar-refractivity contribution in [3.05, 3.63) is 70.7 Å². The topological polar surface area (TPSA) is 101 Å². The van der Waals surface area contributed by atoms with Crippen molar-refractivity contribution >= 4 is 29.2 Å². The highest BCUT2D eigenvalue weighted by atomic mass is 32.1. The number of ether oxygens (including phenoxy) is 1. The zero-order chi connectivity index (χ0) is 22.3. The third-order valence-electron chi connectivity index (χ3n) is 5.58. The quantitative estimate of drug-likeness (QED) is 0.565. The molecule has 162 valence electrons. The number of urea groups is 1. The molecule has 4 amide bonds. The maximum Gasteiger partial charge on any atom is 0.322 e. The summed E-state index contributed by atoms with van der Waals surface area (Å²) in [6.45, 7) is 2.75. The van der Waals surface area contributed by atoms with Crippen LogP contribution < -0.4 is 15.4 Å². The van der Waals surface area contributed by atoms with E-state index in [1.54, 1.807) is 23.2 Å². The molecule has 0 unspecified atom stereocenters. The third-order valence-corrected chi connectivity index (χ3v) is 6.85. The number of nitrogens with zero attached hydrogens (tertiary/aromatic N) is 2. The summed E-state index contributed by atoms with van der Waals surface area (Å²) in [5.74, 6) is -0.0478. The fraction of sp³-hybridized carbons (Fsp3) is 0.217. The van der Waals surface area contributed by atoms with E-state index in [0.29, 0.717) is 29.3 Å². The summed E-state index contributed by atoms with van der Waals surface area (Å²) in [6, 6.07) is 14.1. The Morgan fingerprint density at radius 3 is 2.75 bits per heavy atom. The summed E-state index contributed by atoms with van der Waals surface area (Å²) in [5, 5.41) is 5.11. The molecule has 2 aliphatic rings. The Balaban J connectivity index is 1.48. The zero-order valence-electron chi connectivity index (χ0n) is 17.3. The SMILES string of the molecule is CCOc1ccc2c(c1)C(=O)N(C[C@@]1(c3ccc(-c4ccccn4)s3)NC(=O)NC1=O)C2. The van der Waals surface area contributed by atoms with Gasteiger partial charge in [-0.3, -0.25) is 19.9 Å². The van der Waals surface area contributed by atoms with Crippen LogP contribution in [0.1, 0.15) is 27.7 Å². The van der Waals surface area contributed by atoms with Crippen molar-refractivity contribution in [3.63, 3.8) is 0 Å². The first-order valence-electron chi connectivity index (χ1n) is 10.2. The first-order chi connectivity index (χ1) is 15.5. The lowest BCUT2D eigenvalue weighted by atomic mass is 9.96. The first kappa shape index (κ1) is 20.2. The van der Waals surface area contributed by atoms with Gasteiger partial charge < -0.3 is 15.0 Å². The number of carbonyl (C=O) groups excluding carboxylic acids is 3. The van der Waals surface area contributed by atoms with Gasteiger partial charge in [-0.1, -0.05) is 12.1 Å². The molecule has 1 saturated heterocycles. The highest BCUT2D eigenvalue weighted by molar-refractivity contribution is 7.15. The summed E-state index contributed by atoms with van der Waals surface area (Å²) in [5.41, 5.74) is 0.821. The Labute approximate surface area is 188 Å². The molecule has 2 aromatic heterocycles. The zero-order valence-corrected chi connectivity index (χ0v) is 18.1. The number of aromatic nitrogens is 1. The molecule has 1 aromatic carbocycles. The lowest BCUT2D eigenvalue weighted by molar-refractivity contribution is -0.124. The average molecular weight is 449 g/mol. The lowest BCUT2D eigenvalue weighted by Crippen LogP contribution is -2.52. The van der Waals surface area contributed by atoms with Crippen LogP contribution in [0.2, 0.25) is 0 Å². The second-order valence-electron chi connectivity index (χ2n) is 7.61. The number of carbonyl (C=O) groups is 3. The van der Waals surface area contributed by atoms with Gasteiger partial charge in [-0.15, -0.1) is 11.3 Å². The van der Waals surface area contributed by atoms with Gasteiger partial charge in [0.1, 0.15) is 5.75 Å². The summed E-state index contributed by atoms with van der Waals surface area (Å²) in [4.78, 5) is 45.7. The van der Waals surface area contributed by atoms with Crippen molar-refractivity contribution in [1.29, 1.82) is 0 Å². The Morgan fingerprint density at radius 2 is 2.03 bits per heavy atom. The second-order valence-corrected chi connectivity index (χ2v) is 8.69. The Bertz CT molecular complexity index is 1230. The Kier molecular flexibility index (Phi) is 4.90. The molecular formula is C23H20N4O4S. The highest BCUT2D eigenvalue weighted by Crippen LogP contribution is 2.37. The fourth-order valence-electron chi connectivity index (χ4n) is 4.08. The van der Waals surface area contributed by atoms with Gasteiger partial charge in [-0.2, -0.15) is 0 Å². The van der Waals surface area contributed by atoms with Gasteiger partial charge in [-0.05, 0) is 48.9 Å². The van der Waals surface area contributed by atoms with Gasteiger partial charge >= 0.3 is 6.03 Å². The van der Waals surface area contributed by atoms with Crippen LogP contribution in [-0.2, 0) is 16.9 Å². The predicted molar refractivity (Wildman–Crippen MR) is 118 cm³/mol. The molecule has 2 N–H and O–H groups in total. The van der Waals surface area contributed by atoms with E-state index in [4.69, 9.17) is 4.74 Å². The van der Waals surface area contributed by atoms with E-state index in [0.717, 1.165) is 16.1 Å². The minimum absolute atomic E-state index is 0.0181. The monoisotopic (exact) mass is 448 g/mol. The number of pyridine rings is 1. The lowest BCUT2D eigenvalue weighted by Gasteiger charge is -2.30. The average Bonchev–Trinajstić information content (AvgIpc) is 3.47. The number of fused-ring (bicyclic) bond motifs is 1. The molecule has 0 aliphatic carbocycles. The molecule has 2 aliphatic heterocycles. The summed E-state index contributed by atoms with van der Waals surface area (Å²) in [6.07, 6.45) is 1.70. The second kappa shape index (κ2) is 7.76. The molecule has 32 heavy (non-hydrogen) atoms. The van der Waals surface area contributed by atoms with Crippen molar-refractivity contribution < 1.29 is 19.1 Å². The number of thiophene rings is 1. The van der Waals surface area contributed by atoms with E-state index in [-0.39, 0.29) is 12.5 Å². The maximum atomic E-state index is 13.1. The molecular weight excluding hydrogens is 428 g/mol. The van der Waals surface area contributed by atoms with E-state index in [9.17, 15) is 14.4 Å². The Hall–Kier alpha value is -3.72. The third kappa shape index (κ3) is 3.31. The number of imide groups is 1. The molecule has 5 rings (SSSR count). The van der Waals surface area contributed by atoms with Crippen LogP contribution >= 0.6 is 11.3 Å². The molecule has 1 atom stereocenters. The molecule has 0 saturated carbocycles. The molecule has 4 heterocycles. The smallest absolute Gasteiger partial charge is 0.322 e. The van der Waals surface area contributed by atoms with Gasteiger partial charge in [0.2, 0.25) is 0 Å². The maximum absolute atomic E-state index is 13.1. The van der Waals surface area contributed by atoms with Gasteiger partial charge in [0.25, 0.3) is 11.8 Å². The number of hydrogen-bond acceptors (Lipinski definition) is 6. The first-order valence-corrected chi connectivity index (χ1v) is 11.0. The van der Waals surface area contributed by atoms with Crippen molar-refractivity contribution in [2.75, 3.05) is 13.2 Å². The van der Waals surface area contributed by atoms with Crippen molar-refractivity contribution in [1.82, 2.24) is 20.5 Å². The van der Waals surface area contributed by atoms with E-state index in [2.05, 4.69) is 15.6 Å². The van der Waals surface area contributed by atoms with Crippen LogP contribution in [0, 0.1) is 0 Å². The predicted octanol–water partition coefficient (Wildman–Crippen LogP) is 2.90. The standard InChI is InChI=1S/C23H20N4O4S/c1-2-31-15-7-6-14-12-27(20(28)16(14)11-15)13-23(21(29)25-22(30)26-23)19-9-8-18(32-19)17-5-3-4-10-24-17/h3-11H,2,12-13H2,1H3,(H2,25,26,29,30)/t23-/m0/s1. The molecule has 0 bridgehead atoms. The van der Waals surface area contributed by atoms with Gasteiger partial charge in [0.15, 0.2) is 5.54 Å². The van der Waals surface area contributed by atoms with Crippen molar-refractivity contribution in [3.8, 4) is 16.3 Å². The molecule has 9 heteroatoms. The van der Waals surface area contributed by atoms with E-state index in [1.165, 1.54) is 11.3 Å². The minimum atomic E-state index is -1.37. The number of rotatable bonds is 6. The summed E-state index contributed by atoms with van der Waals surface area (Å²) < 4.78 is 5.52. The normalized spacial score (nSPS) is 19.7. The largest absolute Gasteiger partial charge is 0.494 e. The van der Waals surface area contributed by atoms with Crippen molar-refractivity contribution in [2.24, 2.45) is 0 Å². The van der Waals surface area contributed by atoms with Crippen LogP contribution in [0.5, 0.6) is 5.75 Å². The number of hydrogen-bond donors (Lipinski definition) is 2. The van der Waals surface area contributed by atoms with Crippen LogP contribution in [-0.4, -0.2) is 40.9 Å². The summed E-state index contributed by atoms with van der Waals surface area (Å²) >= 11 is 1.37. The number of amides is 4. The molecule has 3 aromatic rings. The minimum Gasteiger partial charge on any atom is -0.494 e. The van der Waals surface area contributed by atoms with Gasteiger partial charge in [-0.25, -0.2) is 4.79 Å². The molecule has 1 fully saturated rings. The van der Waals surface area contributed by atoms with Gasteiger partial charge in [0, 0.05) is 23.2 Å². The van der Waals surface area contributed by atoms with E-state index in [1.807, 2.05) is 43.3 Å². The summed E-state index contributed by atoms with van der Waals surface area (Å²) in [7, 11) is 0.